The van der Waals surface area contributed by atoms with Crippen LogP contribution in [0, 0.1) is 0 Å². The van der Waals surface area contributed by atoms with Crippen LogP contribution in [-0.4, -0.2) is 23.8 Å². The van der Waals surface area contributed by atoms with E-state index in [0.717, 1.165) is 0 Å². The minimum absolute atomic E-state index is 0.0670. The fourth-order valence-electron chi connectivity index (χ4n) is 0.537. The van der Waals surface area contributed by atoms with Crippen LogP contribution >= 0.6 is 0 Å². The van der Waals surface area contributed by atoms with Crippen molar-refractivity contribution in [3.63, 3.8) is 0 Å². The molecule has 11 heavy (non-hydrogen) atoms. The van der Waals surface area contributed by atoms with Gasteiger partial charge < -0.3 is 9.84 Å². The Bertz CT molecular complexity index is 138. The molecule has 0 aromatic heterocycles. The summed E-state index contributed by atoms with van der Waals surface area (Å²) in [7, 11) is 0. The van der Waals surface area contributed by atoms with E-state index in [2.05, 4.69) is 0 Å². The van der Waals surface area contributed by atoms with Crippen molar-refractivity contribution in [3.8, 4) is 0 Å². The van der Waals surface area contributed by atoms with Crippen LogP contribution in [0.2, 0.25) is 0 Å². The van der Waals surface area contributed by atoms with Crippen molar-refractivity contribution in [2.24, 2.45) is 0 Å². The number of ether oxygens (including phenoxy) is 1. The lowest BCUT2D eigenvalue weighted by Gasteiger charge is -2.02. The molecule has 3 heteroatoms. The first-order chi connectivity index (χ1) is 5.16. The first-order valence-electron chi connectivity index (χ1n) is 3.61. The van der Waals surface area contributed by atoms with Gasteiger partial charge in [-0.15, -0.1) is 0 Å². The third-order valence-electron chi connectivity index (χ3n) is 1.04. The van der Waals surface area contributed by atoms with Gasteiger partial charge in [-0.2, -0.15) is 0 Å². The molecule has 64 valence electrons. The third-order valence-corrected chi connectivity index (χ3v) is 1.04. The largest absolute Gasteiger partial charge is 0.461 e. The molecule has 0 aromatic rings. The molecular formula is C8H14O3. The number of hydrogen-bond donors (Lipinski definition) is 1. The number of rotatable bonds is 4. The van der Waals surface area contributed by atoms with Crippen LogP contribution in [0.25, 0.3) is 0 Å². The van der Waals surface area contributed by atoms with Crippen LogP contribution in [0.3, 0.4) is 0 Å². The van der Waals surface area contributed by atoms with E-state index in [1.54, 1.807) is 19.1 Å². The Hall–Kier alpha value is -0.830. The lowest BCUT2D eigenvalue weighted by Crippen LogP contribution is -2.12. The SMILES string of the molecule is C/C=C/COC(=O)C[C@@H](C)O. The summed E-state index contributed by atoms with van der Waals surface area (Å²) in [4.78, 5) is 10.7. The Morgan fingerprint density at radius 1 is 1.73 bits per heavy atom. The topological polar surface area (TPSA) is 46.5 Å². The molecule has 0 spiro atoms. The maximum atomic E-state index is 10.7. The zero-order valence-electron chi connectivity index (χ0n) is 6.91. The van der Waals surface area contributed by atoms with E-state index in [1.165, 1.54) is 0 Å². The predicted octanol–water partition coefficient (Wildman–Crippen LogP) is 0.877. The Morgan fingerprint density at radius 2 is 2.36 bits per heavy atom. The fourth-order valence-corrected chi connectivity index (χ4v) is 0.537. The molecule has 1 N–H and O–H groups in total. The second-order valence-corrected chi connectivity index (χ2v) is 2.31. The molecular weight excluding hydrogens is 144 g/mol. The molecule has 0 radical (unpaired) electrons. The maximum Gasteiger partial charge on any atom is 0.308 e. The number of allylic oxidation sites excluding steroid dienone is 1. The van der Waals surface area contributed by atoms with Gasteiger partial charge in [-0.3, -0.25) is 4.79 Å². The monoisotopic (exact) mass is 158 g/mol. The molecule has 0 aliphatic carbocycles. The summed E-state index contributed by atoms with van der Waals surface area (Å²) in [5.41, 5.74) is 0. The lowest BCUT2D eigenvalue weighted by atomic mass is 10.3. The second-order valence-electron chi connectivity index (χ2n) is 2.31. The van der Waals surface area contributed by atoms with Gasteiger partial charge in [0.1, 0.15) is 6.61 Å². The van der Waals surface area contributed by atoms with Crippen LogP contribution in [0.1, 0.15) is 20.3 Å². The van der Waals surface area contributed by atoms with Crippen molar-refractivity contribution in [2.45, 2.75) is 26.4 Å². The van der Waals surface area contributed by atoms with Crippen LogP contribution in [0.4, 0.5) is 0 Å². The number of esters is 1. The summed E-state index contributed by atoms with van der Waals surface area (Å²) in [6.07, 6.45) is 2.99. The highest BCUT2D eigenvalue weighted by Crippen LogP contribution is 1.92. The minimum Gasteiger partial charge on any atom is -0.461 e. The molecule has 0 saturated heterocycles. The molecule has 0 aromatic carbocycles. The lowest BCUT2D eigenvalue weighted by molar-refractivity contribution is -0.144. The molecule has 0 unspecified atom stereocenters. The summed E-state index contributed by atoms with van der Waals surface area (Å²) >= 11 is 0. The Morgan fingerprint density at radius 3 is 2.82 bits per heavy atom. The van der Waals surface area contributed by atoms with E-state index in [-0.39, 0.29) is 12.4 Å². The smallest absolute Gasteiger partial charge is 0.308 e. The molecule has 0 heterocycles. The van der Waals surface area contributed by atoms with Gasteiger partial charge in [0.05, 0.1) is 12.5 Å². The highest BCUT2D eigenvalue weighted by atomic mass is 16.5. The molecule has 0 amide bonds. The van der Waals surface area contributed by atoms with Crippen molar-refractivity contribution < 1.29 is 14.6 Å². The summed E-state index contributed by atoms with van der Waals surface area (Å²) in [6, 6.07) is 0. The van der Waals surface area contributed by atoms with E-state index in [0.29, 0.717) is 6.61 Å². The van der Waals surface area contributed by atoms with E-state index in [9.17, 15) is 4.79 Å². The summed E-state index contributed by atoms with van der Waals surface area (Å²) in [5, 5.41) is 8.76. The van der Waals surface area contributed by atoms with Gasteiger partial charge in [-0.1, -0.05) is 12.2 Å². The first-order valence-corrected chi connectivity index (χ1v) is 3.61. The van der Waals surface area contributed by atoms with Gasteiger partial charge in [0, 0.05) is 0 Å². The number of carbonyl (C=O) groups excluding carboxylic acids is 1. The van der Waals surface area contributed by atoms with E-state index >= 15 is 0 Å². The van der Waals surface area contributed by atoms with Crippen molar-refractivity contribution >= 4 is 5.97 Å². The molecule has 0 saturated carbocycles. The zero-order valence-corrected chi connectivity index (χ0v) is 6.91. The van der Waals surface area contributed by atoms with Crippen LogP contribution in [-0.2, 0) is 9.53 Å². The fraction of sp³-hybridized carbons (Fsp3) is 0.625. The van der Waals surface area contributed by atoms with Gasteiger partial charge in [-0.25, -0.2) is 0 Å². The number of aliphatic hydroxyl groups is 1. The van der Waals surface area contributed by atoms with E-state index in [4.69, 9.17) is 9.84 Å². The van der Waals surface area contributed by atoms with E-state index < -0.39 is 6.10 Å². The summed E-state index contributed by atoms with van der Waals surface area (Å²) < 4.78 is 4.71. The predicted molar refractivity (Wildman–Crippen MR) is 42.1 cm³/mol. The minimum atomic E-state index is -0.617. The average molecular weight is 158 g/mol. The van der Waals surface area contributed by atoms with Crippen molar-refractivity contribution in [1.29, 1.82) is 0 Å². The van der Waals surface area contributed by atoms with E-state index in [1.807, 2.05) is 6.92 Å². The van der Waals surface area contributed by atoms with Crippen molar-refractivity contribution in [2.75, 3.05) is 6.61 Å². The molecule has 3 nitrogen and oxygen atoms in total. The number of hydrogen-bond acceptors (Lipinski definition) is 3. The average Bonchev–Trinajstić information content (AvgIpc) is 1.86. The van der Waals surface area contributed by atoms with Crippen LogP contribution in [0.5, 0.6) is 0 Å². The molecule has 0 bridgehead atoms. The van der Waals surface area contributed by atoms with Crippen molar-refractivity contribution in [1.82, 2.24) is 0 Å². The van der Waals surface area contributed by atoms with Gasteiger partial charge in [0.15, 0.2) is 0 Å². The number of carbonyl (C=O) groups is 1. The first kappa shape index (κ1) is 10.2. The van der Waals surface area contributed by atoms with Crippen LogP contribution in [0.15, 0.2) is 12.2 Å². The highest BCUT2D eigenvalue weighted by molar-refractivity contribution is 5.69. The molecule has 1 atom stereocenters. The Labute approximate surface area is 66.7 Å². The Kier molecular flexibility index (Phi) is 5.47. The normalized spacial score (nSPS) is 13.4. The van der Waals surface area contributed by atoms with Gasteiger partial charge in [0.25, 0.3) is 0 Å². The number of aliphatic hydroxyl groups excluding tert-OH is 1. The van der Waals surface area contributed by atoms with Crippen LogP contribution < -0.4 is 0 Å². The third kappa shape index (κ3) is 7.06. The summed E-state index contributed by atoms with van der Waals surface area (Å²) in [5.74, 6) is -0.363. The van der Waals surface area contributed by atoms with Gasteiger partial charge >= 0.3 is 5.97 Å². The standard InChI is InChI=1S/C8H14O3/c1-3-4-5-11-8(10)6-7(2)9/h3-4,7,9H,5-6H2,1-2H3/b4-3+/t7-/m1/s1. The molecule has 0 aliphatic heterocycles. The molecule has 0 fully saturated rings. The highest BCUT2D eigenvalue weighted by Gasteiger charge is 2.05. The second kappa shape index (κ2) is 5.92. The zero-order chi connectivity index (χ0) is 8.69. The maximum absolute atomic E-state index is 10.7. The molecule has 0 aliphatic rings. The van der Waals surface area contributed by atoms with Gasteiger partial charge in [0.2, 0.25) is 0 Å². The quantitative estimate of drug-likeness (QED) is 0.488. The van der Waals surface area contributed by atoms with Crippen molar-refractivity contribution in [3.05, 3.63) is 12.2 Å². The molecule has 0 rings (SSSR count). The van der Waals surface area contributed by atoms with Gasteiger partial charge in [-0.05, 0) is 13.8 Å². The summed E-state index contributed by atoms with van der Waals surface area (Å²) in [6.45, 7) is 3.70. The Balaban J connectivity index is 3.37.